The molecule has 1 aromatic rings. The summed E-state index contributed by atoms with van der Waals surface area (Å²) in [6.07, 6.45) is 1.86. The molecule has 6 heteroatoms. The molecule has 0 radical (unpaired) electrons. The highest BCUT2D eigenvalue weighted by molar-refractivity contribution is 5.78. The van der Waals surface area contributed by atoms with E-state index in [-0.39, 0.29) is 5.91 Å². The van der Waals surface area contributed by atoms with E-state index in [4.69, 9.17) is 14.2 Å². The molecular formula is C18H30N2O4. The van der Waals surface area contributed by atoms with Gasteiger partial charge in [0, 0.05) is 26.8 Å². The Labute approximate surface area is 145 Å². The zero-order valence-corrected chi connectivity index (χ0v) is 15.3. The van der Waals surface area contributed by atoms with Crippen LogP contribution in [0.5, 0.6) is 11.5 Å². The van der Waals surface area contributed by atoms with Crippen LogP contribution in [0.3, 0.4) is 0 Å². The minimum Gasteiger partial charge on any atom is -0.493 e. The molecule has 0 atom stereocenters. The van der Waals surface area contributed by atoms with Gasteiger partial charge in [-0.2, -0.15) is 0 Å². The maximum atomic E-state index is 12.0. The van der Waals surface area contributed by atoms with Crippen molar-refractivity contribution in [3.63, 3.8) is 0 Å². The summed E-state index contributed by atoms with van der Waals surface area (Å²) in [5, 5.41) is 2.93. The highest BCUT2D eigenvalue weighted by Gasteiger charge is 2.08. The van der Waals surface area contributed by atoms with Crippen LogP contribution in [-0.2, 0) is 16.1 Å². The van der Waals surface area contributed by atoms with Crippen molar-refractivity contribution < 1.29 is 19.0 Å². The largest absolute Gasteiger partial charge is 0.493 e. The Morgan fingerprint density at radius 3 is 2.67 bits per heavy atom. The molecule has 0 spiro atoms. The number of carbonyl (C=O) groups excluding carboxylic acids is 1. The van der Waals surface area contributed by atoms with Crippen LogP contribution >= 0.6 is 0 Å². The van der Waals surface area contributed by atoms with Crippen molar-refractivity contribution in [1.29, 1.82) is 0 Å². The first-order valence-electron chi connectivity index (χ1n) is 8.34. The van der Waals surface area contributed by atoms with Crippen LogP contribution in [0.15, 0.2) is 18.2 Å². The van der Waals surface area contributed by atoms with E-state index in [0.717, 1.165) is 30.7 Å². The maximum Gasteiger partial charge on any atom is 0.234 e. The van der Waals surface area contributed by atoms with Crippen molar-refractivity contribution in [2.45, 2.75) is 26.3 Å². The molecule has 24 heavy (non-hydrogen) atoms. The number of nitrogens with zero attached hydrogens (tertiary/aromatic N) is 1. The Balaban J connectivity index is 2.44. The quantitative estimate of drug-likeness (QED) is 0.591. The lowest BCUT2D eigenvalue weighted by Crippen LogP contribution is -2.35. The van der Waals surface area contributed by atoms with Crippen molar-refractivity contribution in [2.75, 3.05) is 47.6 Å². The molecular weight excluding hydrogens is 308 g/mol. The number of hydrogen-bond acceptors (Lipinski definition) is 5. The molecule has 136 valence electrons. The molecule has 0 aliphatic rings. The fraction of sp³-hybridized carbons (Fsp3) is 0.611. The summed E-state index contributed by atoms with van der Waals surface area (Å²) >= 11 is 0. The van der Waals surface area contributed by atoms with Gasteiger partial charge in [0.2, 0.25) is 5.91 Å². The van der Waals surface area contributed by atoms with Crippen LogP contribution in [0.1, 0.15) is 25.3 Å². The third-order valence-corrected chi connectivity index (χ3v) is 3.48. The Morgan fingerprint density at radius 2 is 2.00 bits per heavy atom. The van der Waals surface area contributed by atoms with Crippen molar-refractivity contribution >= 4 is 5.91 Å². The molecule has 0 aromatic heterocycles. The molecule has 0 saturated carbocycles. The normalized spacial score (nSPS) is 10.7. The average molecular weight is 338 g/mol. The summed E-state index contributed by atoms with van der Waals surface area (Å²) in [7, 11) is 5.23. The second kappa shape index (κ2) is 11.7. The van der Waals surface area contributed by atoms with Crippen LogP contribution in [0.4, 0.5) is 0 Å². The lowest BCUT2D eigenvalue weighted by molar-refractivity contribution is -0.122. The van der Waals surface area contributed by atoms with Gasteiger partial charge in [-0.25, -0.2) is 0 Å². The first-order valence-corrected chi connectivity index (χ1v) is 8.34. The number of hydrogen-bond donors (Lipinski definition) is 1. The predicted octanol–water partition coefficient (Wildman–Crippen LogP) is 2.07. The smallest absolute Gasteiger partial charge is 0.234 e. The summed E-state index contributed by atoms with van der Waals surface area (Å²) in [5.41, 5.74) is 0.978. The van der Waals surface area contributed by atoms with Crippen LogP contribution in [0.25, 0.3) is 0 Å². The number of nitrogens with one attached hydrogen (secondary N) is 1. The number of carbonyl (C=O) groups is 1. The molecule has 1 N–H and O–H groups in total. The Bertz CT molecular complexity index is 494. The monoisotopic (exact) mass is 338 g/mol. The Morgan fingerprint density at radius 1 is 1.21 bits per heavy atom. The number of benzene rings is 1. The number of rotatable bonds is 12. The summed E-state index contributed by atoms with van der Waals surface area (Å²) in [6.45, 7) is 5.09. The van der Waals surface area contributed by atoms with Gasteiger partial charge in [0.1, 0.15) is 0 Å². The summed E-state index contributed by atoms with van der Waals surface area (Å²) in [5.74, 6) is 1.42. The number of amides is 1. The molecule has 6 nitrogen and oxygen atoms in total. The second-order valence-electron chi connectivity index (χ2n) is 5.69. The van der Waals surface area contributed by atoms with Crippen molar-refractivity contribution in [2.24, 2.45) is 0 Å². The van der Waals surface area contributed by atoms with E-state index in [0.29, 0.717) is 32.1 Å². The van der Waals surface area contributed by atoms with E-state index >= 15 is 0 Å². The van der Waals surface area contributed by atoms with Gasteiger partial charge >= 0.3 is 0 Å². The molecule has 0 fully saturated rings. The van der Waals surface area contributed by atoms with E-state index in [1.807, 2.05) is 30.1 Å². The van der Waals surface area contributed by atoms with Gasteiger partial charge in [-0.3, -0.25) is 9.69 Å². The first kappa shape index (κ1) is 20.3. The van der Waals surface area contributed by atoms with E-state index < -0.39 is 0 Å². The lowest BCUT2D eigenvalue weighted by Gasteiger charge is -2.16. The number of methoxy groups -OCH3 is 2. The molecule has 0 bridgehead atoms. The van der Waals surface area contributed by atoms with E-state index in [1.165, 1.54) is 0 Å². The van der Waals surface area contributed by atoms with Gasteiger partial charge < -0.3 is 19.5 Å². The molecule has 0 unspecified atom stereocenters. The summed E-state index contributed by atoms with van der Waals surface area (Å²) in [6, 6.07) is 5.72. The fourth-order valence-corrected chi connectivity index (χ4v) is 2.21. The molecule has 1 rings (SSSR count). The van der Waals surface area contributed by atoms with E-state index in [1.54, 1.807) is 14.2 Å². The molecule has 0 aliphatic heterocycles. The highest BCUT2D eigenvalue weighted by atomic mass is 16.5. The van der Waals surface area contributed by atoms with Crippen molar-refractivity contribution in [3.8, 4) is 11.5 Å². The Hall–Kier alpha value is -1.79. The Kier molecular flexibility index (Phi) is 9.88. The SMILES string of the molecule is CCCOc1ccc(CNC(=O)CN(C)CCCOC)cc1OC. The van der Waals surface area contributed by atoms with E-state index in [9.17, 15) is 4.79 Å². The zero-order valence-electron chi connectivity index (χ0n) is 15.3. The minimum atomic E-state index is 0.000179. The van der Waals surface area contributed by atoms with Gasteiger partial charge in [-0.1, -0.05) is 13.0 Å². The zero-order chi connectivity index (χ0) is 17.8. The van der Waals surface area contributed by atoms with E-state index in [2.05, 4.69) is 12.2 Å². The van der Waals surface area contributed by atoms with Gasteiger partial charge in [0.05, 0.1) is 20.3 Å². The van der Waals surface area contributed by atoms with Crippen LogP contribution in [0.2, 0.25) is 0 Å². The van der Waals surface area contributed by atoms with Crippen molar-refractivity contribution in [3.05, 3.63) is 23.8 Å². The summed E-state index contributed by atoms with van der Waals surface area (Å²) < 4.78 is 16.0. The fourth-order valence-electron chi connectivity index (χ4n) is 2.21. The first-order chi connectivity index (χ1) is 11.6. The number of ether oxygens (including phenoxy) is 3. The highest BCUT2D eigenvalue weighted by Crippen LogP contribution is 2.28. The molecule has 0 heterocycles. The molecule has 1 amide bonds. The molecule has 0 saturated heterocycles. The molecule has 0 aliphatic carbocycles. The topological polar surface area (TPSA) is 60.0 Å². The summed E-state index contributed by atoms with van der Waals surface area (Å²) in [4.78, 5) is 14.0. The maximum absolute atomic E-state index is 12.0. The standard InChI is InChI=1S/C18H30N2O4/c1-5-10-24-16-8-7-15(12-17(16)23-4)13-19-18(21)14-20(2)9-6-11-22-3/h7-8,12H,5-6,9-11,13-14H2,1-4H3,(H,19,21). The average Bonchev–Trinajstić information content (AvgIpc) is 2.58. The third kappa shape index (κ3) is 7.66. The predicted molar refractivity (Wildman–Crippen MR) is 94.6 cm³/mol. The van der Waals surface area contributed by atoms with Gasteiger partial charge in [0.25, 0.3) is 0 Å². The van der Waals surface area contributed by atoms with Crippen LogP contribution < -0.4 is 14.8 Å². The van der Waals surface area contributed by atoms with Gasteiger partial charge in [-0.05, 0) is 37.6 Å². The minimum absolute atomic E-state index is 0.000179. The molecule has 1 aromatic carbocycles. The van der Waals surface area contributed by atoms with Crippen molar-refractivity contribution in [1.82, 2.24) is 10.2 Å². The third-order valence-electron chi connectivity index (χ3n) is 3.48. The second-order valence-corrected chi connectivity index (χ2v) is 5.69. The van der Waals surface area contributed by atoms with Crippen LogP contribution in [-0.4, -0.2) is 58.4 Å². The van der Waals surface area contributed by atoms with Gasteiger partial charge in [-0.15, -0.1) is 0 Å². The van der Waals surface area contributed by atoms with Gasteiger partial charge in [0.15, 0.2) is 11.5 Å². The number of likely N-dealkylation sites (N-methyl/N-ethyl adjacent to an activating group) is 1. The lowest BCUT2D eigenvalue weighted by atomic mass is 10.2. The van der Waals surface area contributed by atoms with Crippen LogP contribution in [0, 0.1) is 0 Å².